The SMILES string of the molecule is CC1c2ncc(Br)cc2CN1C(=O)O. The highest BCUT2D eigenvalue weighted by Gasteiger charge is 2.31. The zero-order valence-electron chi connectivity index (χ0n) is 7.57. The molecule has 1 atom stereocenters. The molecule has 1 N–H and O–H groups in total. The van der Waals surface area contributed by atoms with Gasteiger partial charge in [0.15, 0.2) is 0 Å². The number of amides is 1. The molecule has 0 radical (unpaired) electrons. The number of carbonyl (C=O) groups is 1. The van der Waals surface area contributed by atoms with Gasteiger partial charge in [-0.2, -0.15) is 0 Å². The van der Waals surface area contributed by atoms with Gasteiger partial charge in [0.1, 0.15) is 0 Å². The minimum absolute atomic E-state index is 0.143. The fourth-order valence-corrected chi connectivity index (χ4v) is 2.07. The molecule has 0 aliphatic carbocycles. The number of hydrogen-bond donors (Lipinski definition) is 1. The summed E-state index contributed by atoms with van der Waals surface area (Å²) in [5, 5.41) is 8.91. The average molecular weight is 257 g/mol. The zero-order valence-corrected chi connectivity index (χ0v) is 9.15. The highest BCUT2D eigenvalue weighted by molar-refractivity contribution is 9.10. The number of nitrogens with zero attached hydrogens (tertiary/aromatic N) is 2. The molecule has 1 aromatic heterocycles. The molecule has 1 aliphatic rings. The summed E-state index contributed by atoms with van der Waals surface area (Å²) in [5.41, 5.74) is 1.84. The normalized spacial score (nSPS) is 19.6. The van der Waals surface area contributed by atoms with E-state index in [0.29, 0.717) is 6.54 Å². The Labute approximate surface area is 89.7 Å². The Kier molecular flexibility index (Phi) is 2.19. The van der Waals surface area contributed by atoms with Gasteiger partial charge in [-0.3, -0.25) is 9.88 Å². The maximum absolute atomic E-state index is 10.9. The minimum Gasteiger partial charge on any atom is -0.465 e. The molecule has 2 rings (SSSR count). The second kappa shape index (κ2) is 3.24. The highest BCUT2D eigenvalue weighted by Crippen LogP contribution is 2.32. The van der Waals surface area contributed by atoms with Gasteiger partial charge in [0.25, 0.3) is 0 Å². The number of halogens is 1. The van der Waals surface area contributed by atoms with Crippen molar-refractivity contribution in [3.8, 4) is 0 Å². The molecule has 0 bridgehead atoms. The number of rotatable bonds is 0. The molecule has 0 aromatic carbocycles. The summed E-state index contributed by atoms with van der Waals surface area (Å²) in [7, 11) is 0. The summed E-state index contributed by atoms with van der Waals surface area (Å²) in [4.78, 5) is 16.5. The Morgan fingerprint density at radius 2 is 2.50 bits per heavy atom. The molecular weight excluding hydrogens is 248 g/mol. The third kappa shape index (κ3) is 1.37. The molecule has 1 amide bonds. The van der Waals surface area contributed by atoms with Gasteiger partial charge in [0.05, 0.1) is 18.3 Å². The number of hydrogen-bond acceptors (Lipinski definition) is 2. The molecule has 4 nitrogen and oxygen atoms in total. The van der Waals surface area contributed by atoms with Crippen LogP contribution in [0.1, 0.15) is 24.2 Å². The van der Waals surface area contributed by atoms with Gasteiger partial charge >= 0.3 is 6.09 Å². The van der Waals surface area contributed by atoms with Crippen molar-refractivity contribution in [3.63, 3.8) is 0 Å². The zero-order chi connectivity index (χ0) is 10.3. The van der Waals surface area contributed by atoms with Crippen LogP contribution in [0.4, 0.5) is 4.79 Å². The van der Waals surface area contributed by atoms with Crippen LogP contribution in [0, 0.1) is 0 Å². The monoisotopic (exact) mass is 256 g/mol. The molecule has 74 valence electrons. The molecule has 0 saturated carbocycles. The topological polar surface area (TPSA) is 53.4 Å². The van der Waals surface area contributed by atoms with Crippen LogP contribution < -0.4 is 0 Å². The van der Waals surface area contributed by atoms with Gasteiger partial charge < -0.3 is 5.11 Å². The van der Waals surface area contributed by atoms with Crippen molar-refractivity contribution >= 4 is 22.0 Å². The van der Waals surface area contributed by atoms with Crippen LogP contribution in [-0.4, -0.2) is 21.1 Å². The van der Waals surface area contributed by atoms with Crippen LogP contribution in [0.15, 0.2) is 16.7 Å². The lowest BCUT2D eigenvalue weighted by Crippen LogP contribution is -2.26. The van der Waals surface area contributed by atoms with Crippen LogP contribution >= 0.6 is 15.9 Å². The maximum atomic E-state index is 10.9. The van der Waals surface area contributed by atoms with Crippen LogP contribution in [0.3, 0.4) is 0 Å². The van der Waals surface area contributed by atoms with Crippen molar-refractivity contribution in [2.75, 3.05) is 0 Å². The molecule has 2 heterocycles. The first-order valence-corrected chi connectivity index (χ1v) is 5.03. The van der Waals surface area contributed by atoms with Crippen LogP contribution in [-0.2, 0) is 6.54 Å². The lowest BCUT2D eigenvalue weighted by Gasteiger charge is -2.16. The molecule has 1 aromatic rings. The Balaban J connectivity index is 2.40. The van der Waals surface area contributed by atoms with Crippen LogP contribution in [0.2, 0.25) is 0 Å². The smallest absolute Gasteiger partial charge is 0.408 e. The van der Waals surface area contributed by atoms with Gasteiger partial charge in [0, 0.05) is 10.7 Å². The van der Waals surface area contributed by atoms with E-state index in [4.69, 9.17) is 5.11 Å². The maximum Gasteiger partial charge on any atom is 0.408 e. The fourth-order valence-electron chi connectivity index (χ4n) is 1.70. The summed E-state index contributed by atoms with van der Waals surface area (Å²) in [6.45, 7) is 2.28. The Morgan fingerprint density at radius 3 is 3.14 bits per heavy atom. The molecule has 14 heavy (non-hydrogen) atoms. The second-order valence-electron chi connectivity index (χ2n) is 3.28. The van der Waals surface area contributed by atoms with Crippen molar-refractivity contribution in [2.24, 2.45) is 0 Å². The van der Waals surface area contributed by atoms with E-state index in [1.54, 1.807) is 6.20 Å². The average Bonchev–Trinajstić information content (AvgIpc) is 2.43. The van der Waals surface area contributed by atoms with E-state index in [0.717, 1.165) is 15.7 Å². The number of carboxylic acid groups (broad SMARTS) is 1. The summed E-state index contributed by atoms with van der Waals surface area (Å²) >= 11 is 3.31. The van der Waals surface area contributed by atoms with Crippen molar-refractivity contribution in [1.82, 2.24) is 9.88 Å². The third-order valence-electron chi connectivity index (χ3n) is 2.42. The van der Waals surface area contributed by atoms with Crippen LogP contribution in [0.25, 0.3) is 0 Å². The minimum atomic E-state index is -0.897. The van der Waals surface area contributed by atoms with Gasteiger partial charge in [-0.25, -0.2) is 4.79 Å². The first kappa shape index (κ1) is 9.45. The summed E-state index contributed by atoms with van der Waals surface area (Å²) < 4.78 is 0.885. The lowest BCUT2D eigenvalue weighted by atomic mass is 10.2. The quantitative estimate of drug-likeness (QED) is 0.776. The Bertz CT molecular complexity index is 394. The standard InChI is InChI=1S/C9H9BrN2O2/c1-5-8-6(2-7(10)3-11-8)4-12(5)9(13)14/h2-3,5H,4H2,1H3,(H,13,14). The largest absolute Gasteiger partial charge is 0.465 e. The molecule has 5 heteroatoms. The van der Waals surface area contributed by atoms with Crippen molar-refractivity contribution in [2.45, 2.75) is 19.5 Å². The van der Waals surface area contributed by atoms with Gasteiger partial charge in [-0.1, -0.05) is 0 Å². The Hall–Kier alpha value is -1.10. The van der Waals surface area contributed by atoms with E-state index < -0.39 is 6.09 Å². The molecule has 1 aliphatic heterocycles. The van der Waals surface area contributed by atoms with Gasteiger partial charge in [-0.15, -0.1) is 0 Å². The van der Waals surface area contributed by atoms with E-state index in [9.17, 15) is 4.79 Å². The van der Waals surface area contributed by atoms with E-state index in [1.807, 2.05) is 13.0 Å². The predicted octanol–water partition coefficient (Wildman–Crippen LogP) is 2.40. The number of pyridine rings is 1. The molecule has 0 saturated heterocycles. The summed E-state index contributed by atoms with van der Waals surface area (Å²) in [6.07, 6.45) is 0.798. The first-order chi connectivity index (χ1) is 6.59. The lowest BCUT2D eigenvalue weighted by molar-refractivity contribution is 0.132. The third-order valence-corrected chi connectivity index (χ3v) is 2.85. The molecule has 1 unspecified atom stereocenters. The Morgan fingerprint density at radius 1 is 1.79 bits per heavy atom. The highest BCUT2D eigenvalue weighted by atomic mass is 79.9. The fraction of sp³-hybridized carbons (Fsp3) is 0.333. The van der Waals surface area contributed by atoms with Crippen LogP contribution in [0.5, 0.6) is 0 Å². The van der Waals surface area contributed by atoms with E-state index in [-0.39, 0.29) is 6.04 Å². The second-order valence-corrected chi connectivity index (χ2v) is 4.20. The number of fused-ring (bicyclic) bond motifs is 1. The molecular formula is C9H9BrN2O2. The predicted molar refractivity (Wildman–Crippen MR) is 53.9 cm³/mol. The van der Waals surface area contributed by atoms with Crippen molar-refractivity contribution < 1.29 is 9.90 Å². The van der Waals surface area contributed by atoms with Crippen molar-refractivity contribution in [1.29, 1.82) is 0 Å². The van der Waals surface area contributed by atoms with Crippen molar-refractivity contribution in [3.05, 3.63) is 28.0 Å². The van der Waals surface area contributed by atoms with E-state index >= 15 is 0 Å². The van der Waals surface area contributed by atoms with E-state index in [2.05, 4.69) is 20.9 Å². The molecule has 0 spiro atoms. The number of aromatic nitrogens is 1. The summed E-state index contributed by atoms with van der Waals surface area (Å²) in [6, 6.07) is 1.78. The van der Waals surface area contributed by atoms with Gasteiger partial charge in [0.2, 0.25) is 0 Å². The summed E-state index contributed by atoms with van der Waals surface area (Å²) in [5.74, 6) is 0. The van der Waals surface area contributed by atoms with E-state index in [1.165, 1.54) is 4.90 Å². The van der Waals surface area contributed by atoms with Gasteiger partial charge in [-0.05, 0) is 34.5 Å². The first-order valence-electron chi connectivity index (χ1n) is 4.23. The molecule has 0 fully saturated rings.